The van der Waals surface area contributed by atoms with E-state index >= 15 is 0 Å². The predicted octanol–water partition coefficient (Wildman–Crippen LogP) is 24.2. The maximum Gasteiger partial charge on any atom is 0.472 e. The quantitative estimate of drug-likeness (QED) is 0.0169. The number of ether oxygens (including phenoxy) is 4. The lowest BCUT2D eigenvalue weighted by molar-refractivity contribution is -0.161. The van der Waals surface area contributed by atoms with E-state index < -0.39 is 97.5 Å². The molecule has 5 atom stereocenters. The van der Waals surface area contributed by atoms with E-state index in [4.69, 9.17) is 37.0 Å². The smallest absolute Gasteiger partial charge is 0.462 e. The van der Waals surface area contributed by atoms with Gasteiger partial charge in [-0.25, -0.2) is 9.13 Å². The van der Waals surface area contributed by atoms with Gasteiger partial charge < -0.3 is 33.8 Å². The summed E-state index contributed by atoms with van der Waals surface area (Å²) in [5.74, 6) is -0.544. The molecule has 17 nitrogen and oxygen atoms in total. The second-order valence-corrected chi connectivity index (χ2v) is 32.7. The molecule has 101 heavy (non-hydrogen) atoms. The molecular weight excluding hydrogens is 1320 g/mol. The van der Waals surface area contributed by atoms with Gasteiger partial charge in [0.1, 0.15) is 19.3 Å². The number of unbranched alkanes of at least 4 members (excludes halogenated alkanes) is 46. The van der Waals surface area contributed by atoms with Crippen molar-refractivity contribution < 1.29 is 80.2 Å². The van der Waals surface area contributed by atoms with Crippen LogP contribution in [0.15, 0.2) is 24.3 Å². The van der Waals surface area contributed by atoms with Crippen molar-refractivity contribution in [1.29, 1.82) is 0 Å². The van der Waals surface area contributed by atoms with Crippen LogP contribution in [-0.4, -0.2) is 96.7 Å². The summed E-state index contributed by atoms with van der Waals surface area (Å²) >= 11 is 0. The van der Waals surface area contributed by atoms with Crippen molar-refractivity contribution in [1.82, 2.24) is 0 Å². The van der Waals surface area contributed by atoms with Gasteiger partial charge in [-0.1, -0.05) is 355 Å². The first-order valence-corrected chi connectivity index (χ1v) is 44.8. The molecule has 0 heterocycles. The molecule has 0 fully saturated rings. The zero-order chi connectivity index (χ0) is 74.2. The average molecular weight is 1480 g/mol. The first-order valence-electron chi connectivity index (χ1n) is 41.8. The number of phosphoric ester groups is 2. The second kappa shape index (κ2) is 73.1. The maximum atomic E-state index is 13.1. The summed E-state index contributed by atoms with van der Waals surface area (Å²) in [5.41, 5.74) is 0. The van der Waals surface area contributed by atoms with Gasteiger partial charge in [0.2, 0.25) is 0 Å². The highest BCUT2D eigenvalue weighted by Gasteiger charge is 2.30. The minimum absolute atomic E-state index is 0.101. The number of phosphoric acid groups is 2. The third-order valence-corrected chi connectivity index (χ3v) is 20.5. The van der Waals surface area contributed by atoms with Crippen molar-refractivity contribution in [2.24, 2.45) is 11.8 Å². The van der Waals surface area contributed by atoms with E-state index in [0.29, 0.717) is 25.7 Å². The van der Waals surface area contributed by atoms with Gasteiger partial charge in [-0.2, -0.15) is 0 Å². The molecule has 0 aliphatic rings. The lowest BCUT2D eigenvalue weighted by Crippen LogP contribution is -2.30. The molecule has 0 aromatic carbocycles. The molecule has 0 aliphatic heterocycles. The molecular formula is C82H156O17P2. The molecule has 596 valence electrons. The lowest BCUT2D eigenvalue weighted by Gasteiger charge is -2.21. The number of hydrogen-bond donors (Lipinski definition) is 3. The van der Waals surface area contributed by atoms with Crippen molar-refractivity contribution >= 4 is 39.5 Å². The molecule has 0 amide bonds. The highest BCUT2D eigenvalue weighted by Crippen LogP contribution is 2.45. The van der Waals surface area contributed by atoms with Crippen LogP contribution in [0.25, 0.3) is 0 Å². The Kier molecular flexibility index (Phi) is 71.3. The first-order chi connectivity index (χ1) is 48.9. The van der Waals surface area contributed by atoms with Gasteiger partial charge in [0.15, 0.2) is 12.2 Å². The number of aliphatic hydroxyl groups is 1. The zero-order valence-corrected chi connectivity index (χ0v) is 67.5. The molecule has 0 radical (unpaired) electrons. The van der Waals surface area contributed by atoms with Gasteiger partial charge in [0, 0.05) is 25.7 Å². The lowest BCUT2D eigenvalue weighted by atomic mass is 10.0. The molecule has 0 rings (SSSR count). The highest BCUT2D eigenvalue weighted by molar-refractivity contribution is 7.47. The Labute approximate surface area is 618 Å². The monoisotopic (exact) mass is 1480 g/mol. The van der Waals surface area contributed by atoms with E-state index in [2.05, 4.69) is 65.8 Å². The van der Waals surface area contributed by atoms with E-state index in [0.717, 1.165) is 121 Å². The second-order valence-electron chi connectivity index (χ2n) is 29.8. The van der Waals surface area contributed by atoms with Gasteiger partial charge >= 0.3 is 39.5 Å². The normalized spacial score (nSPS) is 14.0. The minimum atomic E-state index is -4.97. The zero-order valence-electron chi connectivity index (χ0n) is 65.7. The number of esters is 4. The Morgan fingerprint density at radius 3 is 0.812 bits per heavy atom. The number of hydrogen-bond acceptors (Lipinski definition) is 15. The van der Waals surface area contributed by atoms with Gasteiger partial charge in [-0.15, -0.1) is 0 Å². The first kappa shape index (κ1) is 98.5. The van der Waals surface area contributed by atoms with Crippen molar-refractivity contribution in [3.63, 3.8) is 0 Å². The number of carbonyl (C=O) groups excluding carboxylic acids is 4. The van der Waals surface area contributed by atoms with E-state index in [1.807, 2.05) is 0 Å². The fourth-order valence-corrected chi connectivity index (χ4v) is 13.8. The van der Waals surface area contributed by atoms with Crippen LogP contribution in [0.5, 0.6) is 0 Å². The summed E-state index contributed by atoms with van der Waals surface area (Å²) in [5, 5.41) is 10.6. The summed E-state index contributed by atoms with van der Waals surface area (Å²) in [4.78, 5) is 73.0. The molecule has 0 saturated heterocycles. The van der Waals surface area contributed by atoms with Crippen LogP contribution in [0, 0.1) is 11.8 Å². The number of aliphatic hydroxyl groups excluding tert-OH is 1. The SMILES string of the molecule is CCCCCC/C=C\C=C/CCCCCCCC(=O)OC[C@H](COP(=O)(O)OC[C@@H](O)COP(=O)(O)OC[C@@H](COC(=O)CCCCCCCCCCCC)OC(=O)CCCCCCCCCCCCCCC(C)C)OC(=O)CCCCCCCCCCCCCCCCCCCCC(C)C. The third-order valence-electron chi connectivity index (χ3n) is 18.6. The number of rotatable bonds is 79. The molecule has 0 spiro atoms. The molecule has 19 heteroatoms. The molecule has 0 aliphatic carbocycles. The summed E-state index contributed by atoms with van der Waals surface area (Å²) in [7, 11) is -9.93. The molecule has 0 saturated carbocycles. The van der Waals surface area contributed by atoms with Crippen molar-refractivity contribution in [3.05, 3.63) is 24.3 Å². The Morgan fingerprint density at radius 1 is 0.307 bits per heavy atom. The summed E-state index contributed by atoms with van der Waals surface area (Å²) in [6, 6.07) is 0. The highest BCUT2D eigenvalue weighted by atomic mass is 31.2. The van der Waals surface area contributed by atoms with Crippen LogP contribution in [0.4, 0.5) is 0 Å². The molecule has 2 unspecified atom stereocenters. The van der Waals surface area contributed by atoms with E-state index in [1.165, 1.54) is 205 Å². The van der Waals surface area contributed by atoms with Gasteiger partial charge in [-0.3, -0.25) is 37.3 Å². The van der Waals surface area contributed by atoms with Crippen molar-refractivity contribution in [3.8, 4) is 0 Å². The Balaban J connectivity index is 5.25. The Morgan fingerprint density at radius 2 is 0.535 bits per heavy atom. The molecule has 0 aromatic rings. The van der Waals surface area contributed by atoms with Crippen LogP contribution in [0.2, 0.25) is 0 Å². The van der Waals surface area contributed by atoms with Crippen molar-refractivity contribution in [2.45, 2.75) is 426 Å². The van der Waals surface area contributed by atoms with Crippen LogP contribution < -0.4 is 0 Å². The van der Waals surface area contributed by atoms with Gasteiger partial charge in [0.05, 0.1) is 26.4 Å². The fraction of sp³-hybridized carbons (Fsp3) is 0.902. The molecule has 0 bridgehead atoms. The number of allylic oxidation sites excluding steroid dienone is 4. The van der Waals surface area contributed by atoms with E-state index in [1.54, 1.807) is 0 Å². The van der Waals surface area contributed by atoms with E-state index in [9.17, 15) is 43.2 Å². The predicted molar refractivity (Wildman–Crippen MR) is 414 cm³/mol. The topological polar surface area (TPSA) is 237 Å². The largest absolute Gasteiger partial charge is 0.472 e. The van der Waals surface area contributed by atoms with Crippen LogP contribution in [-0.2, 0) is 65.4 Å². The van der Waals surface area contributed by atoms with Crippen LogP contribution in [0.3, 0.4) is 0 Å². The van der Waals surface area contributed by atoms with Gasteiger partial charge in [0.25, 0.3) is 0 Å². The average Bonchev–Trinajstić information content (AvgIpc) is 0.979. The van der Waals surface area contributed by atoms with Crippen molar-refractivity contribution in [2.75, 3.05) is 39.6 Å². The maximum absolute atomic E-state index is 13.1. The number of carbonyl (C=O) groups is 4. The van der Waals surface area contributed by atoms with Crippen LogP contribution in [0.1, 0.15) is 408 Å². The summed E-state index contributed by atoms with van der Waals surface area (Å²) in [6.07, 6.45) is 66.0. The fourth-order valence-electron chi connectivity index (χ4n) is 12.2. The Bertz CT molecular complexity index is 2040. The summed E-state index contributed by atoms with van der Waals surface area (Å²) < 4.78 is 68.7. The Hall–Kier alpha value is -2.46. The molecule has 0 aromatic heterocycles. The third kappa shape index (κ3) is 75.6. The molecule has 3 N–H and O–H groups in total. The standard InChI is InChI=1S/C82H156O17P2/c1-7-9-11-13-15-17-19-20-25-29-35-41-47-53-59-65-80(85)93-71-78(99-81(86)66-60-54-48-42-36-30-27-24-22-21-23-26-28-33-38-44-50-56-62-74(3)4)73-97-101(90,91)95-69-76(83)68-94-100(88,89)96-72-77(70-92-79(84)64-58-52-46-40-18-16-14-12-10-8-2)98-82(87)67-61-55-49-43-37-32-31-34-39-45-51-57-63-75(5)6/h17,19-20,25,74-78,83H,7-16,18,21-24,26-73H2,1-6H3,(H,88,89)(H,90,91)/b19-17-,25-20-/t76-,77+,78+/m0/s1. The van der Waals surface area contributed by atoms with Crippen LogP contribution >= 0.6 is 15.6 Å². The van der Waals surface area contributed by atoms with Gasteiger partial charge in [-0.05, 0) is 63.2 Å². The minimum Gasteiger partial charge on any atom is -0.462 e. The summed E-state index contributed by atoms with van der Waals surface area (Å²) in [6.45, 7) is 9.61. The van der Waals surface area contributed by atoms with E-state index in [-0.39, 0.29) is 25.7 Å².